The van der Waals surface area contributed by atoms with Crippen LogP contribution in [0.25, 0.3) is 11.1 Å². The topological polar surface area (TPSA) is 20.2 Å². The number of rotatable bonds is 4. The summed E-state index contributed by atoms with van der Waals surface area (Å²) in [5.74, 6) is 0. The van der Waals surface area contributed by atoms with E-state index in [2.05, 4.69) is 62.4 Å². The second kappa shape index (κ2) is 5.55. The summed E-state index contributed by atoms with van der Waals surface area (Å²) in [5, 5.41) is -0.0126. The fourth-order valence-electron chi connectivity index (χ4n) is 2.17. The lowest BCUT2D eigenvalue weighted by atomic mass is 9.98. The van der Waals surface area contributed by atoms with Gasteiger partial charge in [0, 0.05) is 0 Å². The van der Waals surface area contributed by atoms with Crippen molar-refractivity contribution in [3.8, 4) is 11.1 Å². The molecule has 2 aromatic carbocycles. The largest absolute Gasteiger partial charge is 0.432 e. The summed E-state index contributed by atoms with van der Waals surface area (Å²) in [7, 11) is -2.15. The van der Waals surface area contributed by atoms with Crippen LogP contribution in [0.3, 0.4) is 0 Å². The van der Waals surface area contributed by atoms with Crippen molar-refractivity contribution in [3.63, 3.8) is 0 Å². The third-order valence-corrected chi connectivity index (χ3v) is 7.85. The van der Waals surface area contributed by atoms with Crippen LogP contribution in [0.1, 0.15) is 19.4 Å². The highest BCUT2D eigenvalue weighted by Crippen LogP contribution is 2.38. The van der Waals surface area contributed by atoms with Gasteiger partial charge in [0.05, 0.1) is 0 Å². The molecular weight excluding hydrogens is 260 g/mol. The van der Waals surface area contributed by atoms with E-state index in [0.29, 0.717) is 0 Å². The molecule has 2 aromatic rings. The van der Waals surface area contributed by atoms with Gasteiger partial charge in [0.2, 0.25) is 0 Å². The Balaban J connectivity index is 2.18. The molecule has 1 N–H and O–H groups in total. The second-order valence-electron chi connectivity index (χ2n) is 6.68. The molecule has 2 rings (SSSR count). The Morgan fingerprint density at radius 2 is 1.35 bits per heavy atom. The Kier molecular flexibility index (Phi) is 4.16. The van der Waals surface area contributed by atoms with E-state index in [9.17, 15) is 4.80 Å². The Morgan fingerprint density at radius 3 is 1.85 bits per heavy atom. The second-order valence-corrected chi connectivity index (χ2v) is 11.2. The Hall–Kier alpha value is -1.38. The van der Waals surface area contributed by atoms with E-state index in [4.69, 9.17) is 0 Å². The predicted octanol–water partition coefficient (Wildman–Crippen LogP) is 4.87. The van der Waals surface area contributed by atoms with Gasteiger partial charge in [-0.2, -0.15) is 0 Å². The van der Waals surface area contributed by atoms with Gasteiger partial charge < -0.3 is 4.80 Å². The Labute approximate surface area is 123 Å². The highest BCUT2D eigenvalue weighted by molar-refractivity contribution is 6.72. The van der Waals surface area contributed by atoms with Crippen molar-refractivity contribution in [2.75, 3.05) is 0 Å². The van der Waals surface area contributed by atoms with Crippen LogP contribution in [0.4, 0.5) is 0 Å². The first-order valence-corrected chi connectivity index (χ1v) is 10.1. The molecule has 0 spiro atoms. The van der Waals surface area contributed by atoms with Crippen LogP contribution in [0.15, 0.2) is 54.6 Å². The van der Waals surface area contributed by atoms with Crippen LogP contribution >= 0.6 is 0 Å². The predicted molar refractivity (Wildman–Crippen MR) is 89.3 cm³/mol. The van der Waals surface area contributed by atoms with E-state index in [0.717, 1.165) is 6.42 Å². The van der Waals surface area contributed by atoms with Crippen LogP contribution in [-0.4, -0.2) is 13.1 Å². The summed E-state index contributed by atoms with van der Waals surface area (Å²) in [4.78, 5) is 10.4. The maximum atomic E-state index is 10.4. The SMILES string of the molecule is CC(C)(Cc1ccc(-c2ccccc2)cc1)[Si](C)(C)O. The molecule has 0 radical (unpaired) electrons. The summed E-state index contributed by atoms with van der Waals surface area (Å²) in [6.45, 7) is 8.38. The van der Waals surface area contributed by atoms with Crippen LogP contribution in [0.5, 0.6) is 0 Å². The highest BCUT2D eigenvalue weighted by Gasteiger charge is 2.37. The molecule has 0 amide bonds. The Morgan fingerprint density at radius 1 is 0.850 bits per heavy atom. The lowest BCUT2D eigenvalue weighted by Gasteiger charge is -2.35. The van der Waals surface area contributed by atoms with Crippen LogP contribution < -0.4 is 0 Å². The summed E-state index contributed by atoms with van der Waals surface area (Å²) in [5.41, 5.74) is 3.78. The molecule has 1 nitrogen and oxygen atoms in total. The molecule has 0 saturated carbocycles. The summed E-state index contributed by atoms with van der Waals surface area (Å²) < 4.78 is 0. The van der Waals surface area contributed by atoms with Crippen LogP contribution in [0.2, 0.25) is 18.1 Å². The quantitative estimate of drug-likeness (QED) is 0.794. The smallest absolute Gasteiger partial charge is 0.188 e. The van der Waals surface area contributed by atoms with Gasteiger partial charge in [-0.05, 0) is 41.2 Å². The molecule has 0 fully saturated rings. The normalized spacial score (nSPS) is 12.4. The van der Waals surface area contributed by atoms with E-state index in [1.165, 1.54) is 16.7 Å². The lowest BCUT2D eigenvalue weighted by Crippen LogP contribution is -2.40. The zero-order valence-electron chi connectivity index (χ0n) is 12.9. The molecule has 20 heavy (non-hydrogen) atoms. The maximum absolute atomic E-state index is 10.4. The first-order chi connectivity index (χ1) is 9.29. The highest BCUT2D eigenvalue weighted by atomic mass is 28.4. The molecular formula is C18H24OSi. The Bertz CT molecular complexity index is 550. The molecule has 0 heterocycles. The minimum atomic E-state index is -2.15. The van der Waals surface area contributed by atoms with E-state index in [1.54, 1.807) is 0 Å². The van der Waals surface area contributed by atoms with E-state index >= 15 is 0 Å². The molecule has 0 bridgehead atoms. The van der Waals surface area contributed by atoms with Gasteiger partial charge in [0.1, 0.15) is 0 Å². The first-order valence-electron chi connectivity index (χ1n) is 7.16. The summed E-state index contributed by atoms with van der Waals surface area (Å²) in [6, 6.07) is 19.1. The van der Waals surface area contributed by atoms with Crippen molar-refractivity contribution in [3.05, 3.63) is 60.2 Å². The fourth-order valence-corrected chi connectivity index (χ4v) is 2.81. The third kappa shape index (κ3) is 3.38. The van der Waals surface area contributed by atoms with Crippen molar-refractivity contribution in [1.29, 1.82) is 0 Å². The van der Waals surface area contributed by atoms with Crippen molar-refractivity contribution in [2.45, 2.75) is 38.4 Å². The monoisotopic (exact) mass is 284 g/mol. The number of hydrogen-bond acceptors (Lipinski definition) is 1. The number of benzene rings is 2. The van der Waals surface area contributed by atoms with E-state index in [1.807, 2.05) is 19.2 Å². The van der Waals surface area contributed by atoms with Gasteiger partial charge in [-0.1, -0.05) is 68.4 Å². The molecule has 0 aliphatic rings. The standard InChI is InChI=1S/C18H24OSi/c1-18(2,20(3,4)19)14-15-10-12-17(13-11-15)16-8-6-5-7-9-16/h5-13,19H,14H2,1-4H3. The fraction of sp³-hybridized carbons (Fsp3) is 0.333. The average Bonchev–Trinajstić information content (AvgIpc) is 2.39. The molecule has 106 valence electrons. The zero-order chi connectivity index (χ0) is 14.8. The summed E-state index contributed by atoms with van der Waals surface area (Å²) >= 11 is 0. The first kappa shape index (κ1) is 15.0. The molecule has 0 saturated heterocycles. The number of hydrogen-bond donors (Lipinski definition) is 1. The van der Waals surface area contributed by atoms with E-state index < -0.39 is 8.32 Å². The molecule has 0 atom stereocenters. The molecule has 2 heteroatoms. The molecule has 0 aliphatic carbocycles. The van der Waals surface area contributed by atoms with Crippen molar-refractivity contribution >= 4 is 8.32 Å². The summed E-state index contributed by atoms with van der Waals surface area (Å²) in [6.07, 6.45) is 0.928. The van der Waals surface area contributed by atoms with Gasteiger partial charge in [-0.3, -0.25) is 0 Å². The molecule has 0 unspecified atom stereocenters. The van der Waals surface area contributed by atoms with Gasteiger partial charge in [-0.25, -0.2) is 0 Å². The molecule has 0 aliphatic heterocycles. The van der Waals surface area contributed by atoms with Crippen LogP contribution in [0, 0.1) is 0 Å². The van der Waals surface area contributed by atoms with Gasteiger partial charge >= 0.3 is 0 Å². The third-order valence-electron chi connectivity index (χ3n) is 4.36. The molecule has 0 aromatic heterocycles. The lowest BCUT2D eigenvalue weighted by molar-refractivity contribution is 0.467. The average molecular weight is 284 g/mol. The zero-order valence-corrected chi connectivity index (χ0v) is 13.9. The van der Waals surface area contributed by atoms with Crippen molar-refractivity contribution in [2.24, 2.45) is 0 Å². The minimum Gasteiger partial charge on any atom is -0.432 e. The van der Waals surface area contributed by atoms with E-state index in [-0.39, 0.29) is 5.04 Å². The maximum Gasteiger partial charge on any atom is 0.188 e. The van der Waals surface area contributed by atoms with Gasteiger partial charge in [-0.15, -0.1) is 0 Å². The van der Waals surface area contributed by atoms with Crippen LogP contribution in [-0.2, 0) is 6.42 Å². The minimum absolute atomic E-state index is 0.0126. The van der Waals surface area contributed by atoms with Crippen molar-refractivity contribution in [1.82, 2.24) is 0 Å². The van der Waals surface area contributed by atoms with Crippen molar-refractivity contribution < 1.29 is 4.80 Å². The van der Waals surface area contributed by atoms with Gasteiger partial charge in [0.25, 0.3) is 0 Å². The van der Waals surface area contributed by atoms with Gasteiger partial charge in [0.15, 0.2) is 8.32 Å².